The first-order chi connectivity index (χ1) is 11.6. The van der Waals surface area contributed by atoms with E-state index in [-0.39, 0.29) is 6.42 Å². The van der Waals surface area contributed by atoms with E-state index in [2.05, 4.69) is 12.1 Å². The zero-order chi connectivity index (χ0) is 17.6. The van der Waals surface area contributed by atoms with E-state index in [0.717, 1.165) is 11.1 Å². The van der Waals surface area contributed by atoms with Crippen LogP contribution in [0.1, 0.15) is 28.2 Å². The molecule has 0 heterocycles. The molecule has 4 nitrogen and oxygen atoms in total. The Balaban J connectivity index is 2.39. The SMILES string of the molecule is Cc1ccc(CC(C#N)(C#N)c2ccc(C(C#N)C#N)cc2)cc1. The number of benzene rings is 2. The zero-order valence-electron chi connectivity index (χ0n) is 13.2. The maximum Gasteiger partial charge on any atom is 0.172 e. The van der Waals surface area contributed by atoms with Crippen LogP contribution in [-0.4, -0.2) is 0 Å². The Morgan fingerprint density at radius 2 is 1.38 bits per heavy atom. The van der Waals surface area contributed by atoms with Crippen molar-refractivity contribution >= 4 is 0 Å². The molecule has 0 atom stereocenters. The molecule has 24 heavy (non-hydrogen) atoms. The molecule has 0 aliphatic rings. The van der Waals surface area contributed by atoms with Crippen LogP contribution < -0.4 is 0 Å². The van der Waals surface area contributed by atoms with Gasteiger partial charge in [-0.3, -0.25) is 0 Å². The summed E-state index contributed by atoms with van der Waals surface area (Å²) in [7, 11) is 0. The van der Waals surface area contributed by atoms with Crippen LogP contribution in [0.5, 0.6) is 0 Å². The number of nitriles is 4. The first-order valence-electron chi connectivity index (χ1n) is 7.36. The minimum Gasteiger partial charge on any atom is -0.196 e. The van der Waals surface area contributed by atoms with Crippen molar-refractivity contribution in [1.82, 2.24) is 0 Å². The lowest BCUT2D eigenvalue weighted by atomic mass is 9.77. The van der Waals surface area contributed by atoms with E-state index in [1.807, 2.05) is 43.3 Å². The van der Waals surface area contributed by atoms with Gasteiger partial charge in [-0.15, -0.1) is 0 Å². The molecule has 4 heteroatoms. The van der Waals surface area contributed by atoms with Crippen LogP contribution in [0.25, 0.3) is 0 Å². The monoisotopic (exact) mass is 310 g/mol. The predicted octanol–water partition coefficient (Wildman–Crippen LogP) is 3.65. The molecule has 0 spiro atoms. The highest BCUT2D eigenvalue weighted by molar-refractivity contribution is 5.45. The third kappa shape index (κ3) is 3.25. The number of hydrogen-bond acceptors (Lipinski definition) is 4. The fraction of sp³-hybridized carbons (Fsp3) is 0.200. The second kappa shape index (κ2) is 7.11. The molecule has 0 aliphatic heterocycles. The summed E-state index contributed by atoms with van der Waals surface area (Å²) in [5, 5.41) is 37.2. The van der Waals surface area contributed by atoms with E-state index in [1.165, 1.54) is 0 Å². The Kier molecular flexibility index (Phi) is 4.96. The highest BCUT2D eigenvalue weighted by atomic mass is 14.4. The molecule has 0 aliphatic carbocycles. The molecule has 0 N–H and O–H groups in total. The van der Waals surface area contributed by atoms with Gasteiger partial charge in [0, 0.05) is 6.42 Å². The van der Waals surface area contributed by atoms with Crippen LogP contribution in [-0.2, 0) is 11.8 Å². The smallest absolute Gasteiger partial charge is 0.172 e. The zero-order valence-corrected chi connectivity index (χ0v) is 13.2. The van der Waals surface area contributed by atoms with Gasteiger partial charge in [0.25, 0.3) is 0 Å². The lowest BCUT2D eigenvalue weighted by molar-refractivity contribution is 0.694. The van der Waals surface area contributed by atoms with Crippen molar-refractivity contribution in [3.05, 3.63) is 70.8 Å². The Morgan fingerprint density at radius 3 is 1.83 bits per heavy atom. The lowest BCUT2D eigenvalue weighted by Crippen LogP contribution is -2.25. The Hall–Kier alpha value is -3.60. The molecular weight excluding hydrogens is 296 g/mol. The van der Waals surface area contributed by atoms with Crippen LogP contribution in [0.2, 0.25) is 0 Å². The molecule has 2 aromatic carbocycles. The van der Waals surface area contributed by atoms with E-state index < -0.39 is 11.3 Å². The van der Waals surface area contributed by atoms with Crippen molar-refractivity contribution in [2.75, 3.05) is 0 Å². The highest BCUT2D eigenvalue weighted by Crippen LogP contribution is 2.29. The molecule has 0 amide bonds. The second-order valence-electron chi connectivity index (χ2n) is 5.60. The molecule has 2 aromatic rings. The van der Waals surface area contributed by atoms with Crippen molar-refractivity contribution < 1.29 is 0 Å². The molecule has 0 saturated heterocycles. The molecule has 0 fully saturated rings. The molecule has 0 saturated carbocycles. The summed E-state index contributed by atoms with van der Waals surface area (Å²) in [6.45, 7) is 1.98. The molecular formula is C20H14N4. The van der Waals surface area contributed by atoms with Gasteiger partial charge in [-0.05, 0) is 23.6 Å². The van der Waals surface area contributed by atoms with Crippen LogP contribution in [0, 0.1) is 52.2 Å². The normalized spacial score (nSPS) is 10.2. The van der Waals surface area contributed by atoms with Crippen molar-refractivity contribution in [1.29, 1.82) is 21.0 Å². The van der Waals surface area contributed by atoms with Crippen LogP contribution >= 0.6 is 0 Å². The van der Waals surface area contributed by atoms with E-state index in [4.69, 9.17) is 10.5 Å². The number of hydrogen-bond donors (Lipinski definition) is 0. The fourth-order valence-corrected chi connectivity index (χ4v) is 2.49. The van der Waals surface area contributed by atoms with Crippen LogP contribution in [0.4, 0.5) is 0 Å². The van der Waals surface area contributed by atoms with Crippen molar-refractivity contribution in [3.63, 3.8) is 0 Å². The van der Waals surface area contributed by atoms with Gasteiger partial charge in [0.05, 0.1) is 24.3 Å². The third-order valence-electron chi connectivity index (χ3n) is 3.97. The first kappa shape index (κ1) is 16.8. The quantitative estimate of drug-likeness (QED) is 0.861. The average Bonchev–Trinajstić information content (AvgIpc) is 2.63. The first-order valence-corrected chi connectivity index (χ1v) is 7.36. The van der Waals surface area contributed by atoms with Gasteiger partial charge in [-0.25, -0.2) is 0 Å². The summed E-state index contributed by atoms with van der Waals surface area (Å²) in [6.07, 6.45) is 0.277. The maximum atomic E-state index is 9.64. The summed E-state index contributed by atoms with van der Waals surface area (Å²) in [6, 6.07) is 22.4. The Labute approximate surface area is 141 Å². The summed E-state index contributed by atoms with van der Waals surface area (Å²) >= 11 is 0. The third-order valence-corrected chi connectivity index (χ3v) is 3.97. The van der Waals surface area contributed by atoms with Gasteiger partial charge in [-0.1, -0.05) is 54.1 Å². The Morgan fingerprint density at radius 1 is 0.833 bits per heavy atom. The minimum atomic E-state index is -1.30. The van der Waals surface area contributed by atoms with Crippen LogP contribution in [0.15, 0.2) is 48.5 Å². The minimum absolute atomic E-state index is 0.277. The largest absolute Gasteiger partial charge is 0.196 e. The highest BCUT2D eigenvalue weighted by Gasteiger charge is 2.33. The summed E-state index contributed by atoms with van der Waals surface area (Å²) in [4.78, 5) is 0. The van der Waals surface area contributed by atoms with Crippen molar-refractivity contribution in [3.8, 4) is 24.3 Å². The van der Waals surface area contributed by atoms with E-state index in [1.54, 1.807) is 24.3 Å². The van der Waals surface area contributed by atoms with Crippen molar-refractivity contribution in [2.24, 2.45) is 0 Å². The van der Waals surface area contributed by atoms with Gasteiger partial charge in [0.2, 0.25) is 0 Å². The van der Waals surface area contributed by atoms with E-state index in [9.17, 15) is 10.5 Å². The van der Waals surface area contributed by atoms with Gasteiger partial charge in [0.1, 0.15) is 0 Å². The van der Waals surface area contributed by atoms with Crippen LogP contribution in [0.3, 0.4) is 0 Å². The number of rotatable bonds is 4. The van der Waals surface area contributed by atoms with Crippen molar-refractivity contribution in [2.45, 2.75) is 24.7 Å². The fourth-order valence-electron chi connectivity index (χ4n) is 2.49. The number of aryl methyl sites for hydroxylation is 1. The standard InChI is InChI=1S/C20H14N4/c1-15-2-4-16(5-3-15)10-20(13-23,14-24)19-8-6-17(7-9-19)18(11-21)12-22/h2-9,18H,10H2,1H3. The summed E-state index contributed by atoms with van der Waals surface area (Å²) in [5.41, 5.74) is 1.83. The maximum absolute atomic E-state index is 9.64. The second-order valence-corrected chi connectivity index (χ2v) is 5.60. The Bertz CT molecular complexity index is 854. The number of nitrogens with zero attached hydrogens (tertiary/aromatic N) is 4. The topological polar surface area (TPSA) is 95.2 Å². The van der Waals surface area contributed by atoms with Gasteiger partial charge in [0.15, 0.2) is 11.3 Å². The van der Waals surface area contributed by atoms with E-state index in [0.29, 0.717) is 11.1 Å². The lowest BCUT2D eigenvalue weighted by Gasteiger charge is -2.20. The molecule has 0 bridgehead atoms. The predicted molar refractivity (Wildman–Crippen MR) is 88.2 cm³/mol. The molecule has 0 aromatic heterocycles. The van der Waals surface area contributed by atoms with Gasteiger partial charge in [-0.2, -0.15) is 21.0 Å². The van der Waals surface area contributed by atoms with Gasteiger partial charge < -0.3 is 0 Å². The molecule has 114 valence electrons. The summed E-state index contributed by atoms with van der Waals surface area (Å²) < 4.78 is 0. The average molecular weight is 310 g/mol. The summed E-state index contributed by atoms with van der Waals surface area (Å²) in [5.74, 6) is -0.852. The molecule has 2 rings (SSSR count). The van der Waals surface area contributed by atoms with E-state index >= 15 is 0 Å². The molecule has 0 unspecified atom stereocenters. The van der Waals surface area contributed by atoms with Gasteiger partial charge >= 0.3 is 0 Å². The molecule has 0 radical (unpaired) electrons.